The Hall–Kier alpha value is -2.93. The number of aromatic nitrogens is 5. The summed E-state index contributed by atoms with van der Waals surface area (Å²) in [5.41, 5.74) is 2.92. The van der Waals surface area contributed by atoms with Gasteiger partial charge in [0.1, 0.15) is 11.6 Å². The normalized spacial score (nSPS) is 15.3. The maximum absolute atomic E-state index is 6.51. The molecule has 4 heterocycles. The lowest BCUT2D eigenvalue weighted by Crippen LogP contribution is -2.33. The van der Waals surface area contributed by atoms with Crippen LogP contribution in [-0.4, -0.2) is 37.8 Å². The van der Waals surface area contributed by atoms with Crippen molar-refractivity contribution in [2.45, 2.75) is 25.7 Å². The molecule has 29 heavy (non-hydrogen) atoms. The van der Waals surface area contributed by atoms with Crippen LogP contribution in [0.4, 0.5) is 5.82 Å². The third-order valence-corrected chi connectivity index (χ3v) is 5.88. The lowest BCUT2D eigenvalue weighted by molar-refractivity contribution is 0.382. The molecule has 0 N–H and O–H groups in total. The molecule has 0 radical (unpaired) electrons. The van der Waals surface area contributed by atoms with Gasteiger partial charge in [-0.1, -0.05) is 23.7 Å². The Bertz CT molecular complexity index is 1180. The summed E-state index contributed by atoms with van der Waals surface area (Å²) >= 11 is 6.51. The van der Waals surface area contributed by atoms with E-state index in [2.05, 4.69) is 30.7 Å². The van der Waals surface area contributed by atoms with E-state index in [9.17, 15) is 0 Å². The SMILES string of the molecule is Cc1nnc(C2CCN(c3cc(-c4nc5ccccc5n4C)c(Cl)cn3)CC2)o1. The number of benzene rings is 1. The minimum atomic E-state index is 0.305. The van der Waals surface area contributed by atoms with Crippen molar-refractivity contribution in [2.75, 3.05) is 18.0 Å². The average molecular weight is 409 g/mol. The van der Waals surface area contributed by atoms with Crippen LogP contribution in [0.1, 0.15) is 30.5 Å². The fourth-order valence-electron chi connectivity index (χ4n) is 3.99. The number of piperidine rings is 1. The number of hydrogen-bond donors (Lipinski definition) is 0. The number of pyridine rings is 1. The van der Waals surface area contributed by atoms with Crippen molar-refractivity contribution in [1.82, 2.24) is 24.7 Å². The van der Waals surface area contributed by atoms with E-state index in [1.165, 1.54) is 0 Å². The molecule has 1 fully saturated rings. The highest BCUT2D eigenvalue weighted by Crippen LogP contribution is 2.34. The monoisotopic (exact) mass is 408 g/mol. The second-order valence-electron chi connectivity index (χ2n) is 7.43. The van der Waals surface area contributed by atoms with Crippen molar-refractivity contribution in [1.29, 1.82) is 0 Å². The van der Waals surface area contributed by atoms with Crippen molar-refractivity contribution in [3.8, 4) is 11.4 Å². The van der Waals surface area contributed by atoms with Gasteiger partial charge in [-0.25, -0.2) is 9.97 Å². The van der Waals surface area contributed by atoms with E-state index in [-0.39, 0.29) is 0 Å². The van der Waals surface area contributed by atoms with Gasteiger partial charge in [-0.2, -0.15) is 0 Å². The zero-order chi connectivity index (χ0) is 20.0. The molecule has 5 rings (SSSR count). The number of anilines is 1. The first kappa shape index (κ1) is 18.1. The lowest BCUT2D eigenvalue weighted by Gasteiger charge is -2.31. The standard InChI is InChI=1S/C21H21ClN6O/c1-13-25-26-21(29-13)14-7-9-28(10-8-14)19-11-15(16(22)12-23-19)20-24-17-5-3-4-6-18(17)27(20)2/h3-6,11-12,14H,7-10H2,1-2H3. The summed E-state index contributed by atoms with van der Waals surface area (Å²) in [5, 5.41) is 8.74. The number of fused-ring (bicyclic) bond motifs is 1. The molecular weight excluding hydrogens is 388 g/mol. The van der Waals surface area contributed by atoms with E-state index in [1.54, 1.807) is 6.20 Å². The first-order valence-corrected chi connectivity index (χ1v) is 10.1. The molecule has 0 saturated carbocycles. The molecule has 1 saturated heterocycles. The van der Waals surface area contributed by atoms with Crippen LogP contribution in [-0.2, 0) is 7.05 Å². The summed E-state index contributed by atoms with van der Waals surface area (Å²) in [6, 6.07) is 10.1. The molecule has 148 valence electrons. The predicted octanol–water partition coefficient (Wildman–Crippen LogP) is 4.36. The van der Waals surface area contributed by atoms with Crippen LogP contribution in [0.5, 0.6) is 0 Å². The van der Waals surface area contributed by atoms with Crippen molar-refractivity contribution >= 4 is 28.5 Å². The van der Waals surface area contributed by atoms with Gasteiger partial charge in [0.2, 0.25) is 11.8 Å². The number of nitrogens with zero attached hydrogens (tertiary/aromatic N) is 6. The van der Waals surface area contributed by atoms with Crippen molar-refractivity contribution in [3.05, 3.63) is 53.3 Å². The summed E-state index contributed by atoms with van der Waals surface area (Å²) in [6.07, 6.45) is 3.63. The van der Waals surface area contributed by atoms with Gasteiger partial charge in [0.05, 0.1) is 16.1 Å². The number of halogens is 1. The van der Waals surface area contributed by atoms with Crippen LogP contribution in [0.2, 0.25) is 5.02 Å². The minimum Gasteiger partial charge on any atom is -0.425 e. The molecule has 1 aromatic carbocycles. The Kier molecular flexibility index (Phi) is 4.47. The molecule has 7 nitrogen and oxygen atoms in total. The highest BCUT2D eigenvalue weighted by molar-refractivity contribution is 6.33. The van der Waals surface area contributed by atoms with Crippen LogP contribution < -0.4 is 4.90 Å². The highest BCUT2D eigenvalue weighted by atomic mass is 35.5. The molecule has 0 spiro atoms. The lowest BCUT2D eigenvalue weighted by atomic mass is 9.97. The predicted molar refractivity (Wildman–Crippen MR) is 112 cm³/mol. The molecular formula is C21H21ClN6O. The molecule has 0 unspecified atom stereocenters. The van der Waals surface area contributed by atoms with Gasteiger partial charge in [0.25, 0.3) is 0 Å². The van der Waals surface area contributed by atoms with Crippen molar-refractivity contribution < 1.29 is 4.42 Å². The van der Waals surface area contributed by atoms with E-state index in [4.69, 9.17) is 21.0 Å². The average Bonchev–Trinajstić information content (AvgIpc) is 3.32. The van der Waals surface area contributed by atoms with Crippen molar-refractivity contribution in [2.24, 2.45) is 7.05 Å². The van der Waals surface area contributed by atoms with E-state index in [0.717, 1.165) is 60.1 Å². The molecule has 3 aromatic heterocycles. The number of rotatable bonds is 3. The van der Waals surface area contributed by atoms with Gasteiger partial charge in [-0.05, 0) is 31.0 Å². The first-order chi connectivity index (χ1) is 14.1. The molecule has 0 amide bonds. The summed E-state index contributed by atoms with van der Waals surface area (Å²) in [4.78, 5) is 11.6. The molecule has 0 aliphatic carbocycles. The first-order valence-electron chi connectivity index (χ1n) is 9.72. The Balaban J connectivity index is 1.42. The van der Waals surface area contributed by atoms with E-state index in [0.29, 0.717) is 16.8 Å². The van der Waals surface area contributed by atoms with Gasteiger partial charge in [0.15, 0.2) is 0 Å². The summed E-state index contributed by atoms with van der Waals surface area (Å²) in [7, 11) is 2.01. The third kappa shape index (κ3) is 3.25. The smallest absolute Gasteiger partial charge is 0.219 e. The summed E-state index contributed by atoms with van der Waals surface area (Å²) in [5.74, 6) is 3.42. The van der Waals surface area contributed by atoms with Crippen LogP contribution in [0.15, 0.2) is 40.9 Å². The summed E-state index contributed by atoms with van der Waals surface area (Å²) < 4.78 is 7.69. The quantitative estimate of drug-likeness (QED) is 0.501. The molecule has 1 aliphatic heterocycles. The Labute approximate surface area is 173 Å². The second-order valence-corrected chi connectivity index (χ2v) is 7.83. The number of imidazole rings is 1. The largest absolute Gasteiger partial charge is 0.425 e. The second kappa shape index (κ2) is 7.15. The van der Waals surface area contributed by atoms with Gasteiger partial charge < -0.3 is 13.9 Å². The zero-order valence-corrected chi connectivity index (χ0v) is 17.1. The summed E-state index contributed by atoms with van der Waals surface area (Å²) in [6.45, 7) is 3.58. The maximum atomic E-state index is 6.51. The van der Waals surface area contributed by atoms with Gasteiger partial charge in [-0.3, -0.25) is 0 Å². The van der Waals surface area contributed by atoms with Crippen LogP contribution in [0, 0.1) is 6.92 Å². The van der Waals surface area contributed by atoms with Gasteiger partial charge >= 0.3 is 0 Å². The Morgan fingerprint density at radius 1 is 1.14 bits per heavy atom. The minimum absolute atomic E-state index is 0.305. The number of para-hydroxylation sites is 2. The fraction of sp³-hybridized carbons (Fsp3) is 0.333. The zero-order valence-electron chi connectivity index (χ0n) is 16.3. The fourth-order valence-corrected chi connectivity index (χ4v) is 4.18. The van der Waals surface area contributed by atoms with Crippen molar-refractivity contribution in [3.63, 3.8) is 0 Å². The van der Waals surface area contributed by atoms with Crippen LogP contribution in [0.3, 0.4) is 0 Å². The molecule has 0 bridgehead atoms. The van der Waals surface area contributed by atoms with E-state index in [1.807, 2.05) is 38.2 Å². The third-order valence-electron chi connectivity index (χ3n) is 5.58. The maximum Gasteiger partial charge on any atom is 0.219 e. The molecule has 8 heteroatoms. The Morgan fingerprint density at radius 2 is 1.93 bits per heavy atom. The molecule has 1 aliphatic rings. The highest BCUT2D eigenvalue weighted by Gasteiger charge is 2.26. The van der Waals surface area contributed by atoms with E-state index >= 15 is 0 Å². The van der Waals surface area contributed by atoms with Crippen LogP contribution >= 0.6 is 11.6 Å². The van der Waals surface area contributed by atoms with E-state index < -0.39 is 0 Å². The van der Waals surface area contributed by atoms with Crippen LogP contribution in [0.25, 0.3) is 22.4 Å². The molecule has 4 aromatic rings. The van der Waals surface area contributed by atoms with Gasteiger partial charge in [0, 0.05) is 44.7 Å². The number of hydrogen-bond acceptors (Lipinski definition) is 6. The van der Waals surface area contributed by atoms with Gasteiger partial charge in [-0.15, -0.1) is 10.2 Å². The topological polar surface area (TPSA) is 72.9 Å². The molecule has 0 atom stereocenters. The Morgan fingerprint density at radius 3 is 2.66 bits per heavy atom. The number of aryl methyl sites for hydroxylation is 2.